The van der Waals surface area contributed by atoms with Gasteiger partial charge in [-0.25, -0.2) is 4.98 Å². The van der Waals surface area contributed by atoms with E-state index in [4.69, 9.17) is 22.1 Å². The van der Waals surface area contributed by atoms with Crippen LogP contribution in [-0.2, 0) is 6.54 Å². The minimum atomic E-state index is -0.528. The van der Waals surface area contributed by atoms with E-state index in [9.17, 15) is 4.79 Å². The Hall–Kier alpha value is -2.87. The van der Waals surface area contributed by atoms with Crippen molar-refractivity contribution in [2.24, 2.45) is 5.73 Å². The number of carbonyl (C=O) groups excluding carboxylic acids is 1. The molecule has 4 rings (SSSR count). The van der Waals surface area contributed by atoms with E-state index in [-0.39, 0.29) is 6.10 Å². The molecule has 0 aliphatic carbocycles. The van der Waals surface area contributed by atoms with Gasteiger partial charge < -0.3 is 15.4 Å². The molecule has 0 spiro atoms. The molecule has 3 aromatic heterocycles. The fraction of sp³-hybridized carbons (Fsp3) is 0.217. The summed E-state index contributed by atoms with van der Waals surface area (Å²) in [5.41, 5.74) is 9.37. The molecule has 0 fully saturated rings. The van der Waals surface area contributed by atoms with Crippen LogP contribution in [0.3, 0.4) is 0 Å². The fourth-order valence-electron chi connectivity index (χ4n) is 3.48. The van der Waals surface area contributed by atoms with E-state index in [1.807, 2.05) is 61.8 Å². The Bertz CT molecular complexity index is 1250. The number of benzene rings is 1. The van der Waals surface area contributed by atoms with Crippen molar-refractivity contribution in [2.75, 3.05) is 14.1 Å². The topological polar surface area (TPSA) is 72.9 Å². The maximum atomic E-state index is 12.1. The Morgan fingerprint density at radius 1 is 1.29 bits per heavy atom. The summed E-state index contributed by atoms with van der Waals surface area (Å²) in [6, 6.07) is 13.4. The number of ether oxygens (including phenoxy) is 1. The highest BCUT2D eigenvalue weighted by atomic mass is 35.5. The van der Waals surface area contributed by atoms with Crippen LogP contribution >= 0.6 is 22.9 Å². The average Bonchev–Trinajstić information content (AvgIpc) is 3.31. The summed E-state index contributed by atoms with van der Waals surface area (Å²) < 4.78 is 8.15. The highest BCUT2D eigenvalue weighted by molar-refractivity contribution is 7.17. The molecule has 0 aliphatic rings. The first-order chi connectivity index (χ1) is 14.8. The number of rotatable bonds is 7. The maximum Gasteiger partial charge on any atom is 0.262 e. The maximum absolute atomic E-state index is 12.1. The Morgan fingerprint density at radius 2 is 2.06 bits per heavy atom. The zero-order valence-electron chi connectivity index (χ0n) is 17.5. The molecule has 31 heavy (non-hydrogen) atoms. The van der Waals surface area contributed by atoms with Crippen molar-refractivity contribution in [3.05, 3.63) is 75.9 Å². The van der Waals surface area contributed by atoms with Gasteiger partial charge in [-0.3, -0.25) is 9.20 Å². The molecule has 6 nitrogen and oxygen atoms in total. The van der Waals surface area contributed by atoms with Gasteiger partial charge in [0.1, 0.15) is 22.4 Å². The van der Waals surface area contributed by atoms with Crippen molar-refractivity contribution < 1.29 is 9.53 Å². The van der Waals surface area contributed by atoms with Gasteiger partial charge in [0.25, 0.3) is 5.91 Å². The number of thiophene rings is 1. The molecule has 0 bridgehead atoms. The number of nitrogens with zero attached hydrogens (tertiary/aromatic N) is 3. The summed E-state index contributed by atoms with van der Waals surface area (Å²) in [7, 11) is 4.06. The lowest BCUT2D eigenvalue weighted by Gasteiger charge is -2.16. The summed E-state index contributed by atoms with van der Waals surface area (Å²) in [5, 5.41) is 0.612. The number of hydrogen-bond acceptors (Lipinski definition) is 5. The fourth-order valence-corrected chi connectivity index (χ4v) is 4.72. The standard InChI is InChI=1S/C23H23ClN4O2S/c1-14(16-6-4-5-7-17(16)24)30-19-10-20(31-22(19)23(25)29)18-11-26-21-9-8-15(12-27(2)3)13-28(18)21/h4-11,13-14H,12H2,1-3H3,(H2,25,29). The normalized spacial score (nSPS) is 12.4. The molecule has 0 saturated carbocycles. The Labute approximate surface area is 189 Å². The smallest absolute Gasteiger partial charge is 0.262 e. The summed E-state index contributed by atoms with van der Waals surface area (Å²) in [4.78, 5) is 20.0. The van der Waals surface area contributed by atoms with Crippen LogP contribution in [0.25, 0.3) is 16.2 Å². The van der Waals surface area contributed by atoms with Crippen molar-refractivity contribution in [1.82, 2.24) is 14.3 Å². The van der Waals surface area contributed by atoms with Crippen LogP contribution in [0.5, 0.6) is 5.75 Å². The average molecular weight is 455 g/mol. The number of halogens is 1. The van der Waals surface area contributed by atoms with Crippen LogP contribution in [0.4, 0.5) is 0 Å². The number of carbonyl (C=O) groups is 1. The van der Waals surface area contributed by atoms with Crippen molar-refractivity contribution in [1.29, 1.82) is 0 Å². The number of imidazole rings is 1. The Morgan fingerprint density at radius 3 is 2.77 bits per heavy atom. The van der Waals surface area contributed by atoms with E-state index >= 15 is 0 Å². The number of pyridine rings is 1. The molecule has 3 heterocycles. The molecule has 0 radical (unpaired) electrons. The number of aromatic nitrogens is 2. The van der Waals surface area contributed by atoms with Gasteiger partial charge in [0, 0.05) is 29.4 Å². The molecule has 8 heteroatoms. The predicted molar refractivity (Wildman–Crippen MR) is 125 cm³/mol. The van der Waals surface area contributed by atoms with Crippen LogP contribution in [0.2, 0.25) is 5.02 Å². The highest BCUT2D eigenvalue weighted by Gasteiger charge is 2.21. The molecule has 0 saturated heterocycles. The molecular weight excluding hydrogens is 432 g/mol. The minimum absolute atomic E-state index is 0.344. The number of amides is 1. The second kappa shape index (κ2) is 8.70. The second-order valence-corrected chi connectivity index (χ2v) is 9.06. The monoisotopic (exact) mass is 454 g/mol. The number of fused-ring (bicyclic) bond motifs is 1. The Balaban J connectivity index is 1.72. The van der Waals surface area contributed by atoms with E-state index in [0.29, 0.717) is 15.6 Å². The van der Waals surface area contributed by atoms with E-state index in [1.54, 1.807) is 6.20 Å². The third kappa shape index (κ3) is 4.44. The van der Waals surface area contributed by atoms with Gasteiger partial charge in [0.05, 0.1) is 16.8 Å². The van der Waals surface area contributed by atoms with Gasteiger partial charge in [0.15, 0.2) is 0 Å². The van der Waals surface area contributed by atoms with Crippen LogP contribution in [-0.4, -0.2) is 34.3 Å². The van der Waals surface area contributed by atoms with Gasteiger partial charge in [0.2, 0.25) is 0 Å². The summed E-state index contributed by atoms with van der Waals surface area (Å²) in [5.74, 6) is -0.0842. The lowest BCUT2D eigenvalue weighted by molar-refractivity contribution is 0.0998. The molecule has 1 aromatic carbocycles. The van der Waals surface area contributed by atoms with Crippen LogP contribution in [0, 0.1) is 0 Å². The molecule has 1 amide bonds. The molecule has 2 N–H and O–H groups in total. The first-order valence-corrected chi connectivity index (χ1v) is 11.0. The number of primary amides is 1. The lowest BCUT2D eigenvalue weighted by Crippen LogP contribution is -2.12. The number of hydrogen-bond donors (Lipinski definition) is 1. The van der Waals surface area contributed by atoms with Gasteiger partial charge in [-0.15, -0.1) is 11.3 Å². The summed E-state index contributed by atoms with van der Waals surface area (Å²) in [6.45, 7) is 2.71. The van der Waals surface area contributed by atoms with E-state index in [0.717, 1.165) is 33.9 Å². The molecule has 1 unspecified atom stereocenters. The third-order valence-electron chi connectivity index (χ3n) is 4.89. The molecule has 4 aromatic rings. The zero-order valence-corrected chi connectivity index (χ0v) is 19.1. The summed E-state index contributed by atoms with van der Waals surface area (Å²) >= 11 is 7.60. The second-order valence-electron chi connectivity index (χ2n) is 7.60. The zero-order chi connectivity index (χ0) is 22.1. The molecular formula is C23H23ClN4O2S. The Kier molecular flexibility index (Phi) is 6.00. The van der Waals surface area contributed by atoms with Gasteiger partial charge >= 0.3 is 0 Å². The van der Waals surface area contributed by atoms with Gasteiger partial charge in [-0.05, 0) is 38.7 Å². The van der Waals surface area contributed by atoms with E-state index < -0.39 is 5.91 Å². The minimum Gasteiger partial charge on any atom is -0.484 e. The van der Waals surface area contributed by atoms with Gasteiger partial charge in [-0.1, -0.05) is 35.9 Å². The van der Waals surface area contributed by atoms with Crippen molar-refractivity contribution in [2.45, 2.75) is 19.6 Å². The van der Waals surface area contributed by atoms with Crippen LogP contribution in [0.15, 0.2) is 54.9 Å². The SMILES string of the molecule is CC(Oc1cc(-c2cnc3ccc(CN(C)C)cn23)sc1C(N)=O)c1ccccc1Cl. The quantitative estimate of drug-likeness (QED) is 0.425. The lowest BCUT2D eigenvalue weighted by atomic mass is 10.1. The summed E-state index contributed by atoms with van der Waals surface area (Å²) in [6.07, 6.45) is 3.52. The van der Waals surface area contributed by atoms with Crippen LogP contribution < -0.4 is 10.5 Å². The van der Waals surface area contributed by atoms with Crippen molar-refractivity contribution in [3.8, 4) is 16.3 Å². The first kappa shape index (κ1) is 21.4. The number of nitrogens with two attached hydrogens (primary N) is 1. The first-order valence-electron chi connectivity index (χ1n) is 9.79. The third-order valence-corrected chi connectivity index (χ3v) is 6.38. The van der Waals surface area contributed by atoms with E-state index in [1.165, 1.54) is 11.3 Å². The highest BCUT2D eigenvalue weighted by Crippen LogP contribution is 2.39. The molecule has 160 valence electrons. The van der Waals surface area contributed by atoms with E-state index in [2.05, 4.69) is 22.1 Å². The van der Waals surface area contributed by atoms with Crippen molar-refractivity contribution in [3.63, 3.8) is 0 Å². The molecule has 1 atom stereocenters. The van der Waals surface area contributed by atoms with Crippen molar-refractivity contribution >= 4 is 34.5 Å². The van der Waals surface area contributed by atoms with Gasteiger partial charge in [-0.2, -0.15) is 0 Å². The van der Waals surface area contributed by atoms with Crippen LogP contribution in [0.1, 0.15) is 33.8 Å². The molecule has 0 aliphatic heterocycles. The largest absolute Gasteiger partial charge is 0.484 e. The predicted octanol–water partition coefficient (Wildman–Crippen LogP) is 5.02.